The lowest BCUT2D eigenvalue weighted by Crippen LogP contribution is -2.37. The van der Waals surface area contributed by atoms with Crippen molar-refractivity contribution in [2.75, 3.05) is 13.2 Å². The van der Waals surface area contributed by atoms with Crippen molar-refractivity contribution < 1.29 is 9.31 Å². The minimum absolute atomic E-state index is 0.500. The standard InChI is InChI=1S/C20H32B2O2/c1(15-23-21-17-7-3-8-18(21)10-4-9-17)2-16-24-22-19-11-5-12-20(22)14-6-13-19/h17-20H,3-16H2. The topological polar surface area (TPSA) is 18.5 Å². The Morgan fingerprint density at radius 2 is 0.833 bits per heavy atom. The molecule has 0 spiro atoms. The molecule has 0 atom stereocenters. The van der Waals surface area contributed by atoms with Crippen LogP contribution in [0.3, 0.4) is 0 Å². The van der Waals surface area contributed by atoms with Crippen molar-refractivity contribution in [3.8, 4) is 11.8 Å². The summed E-state index contributed by atoms with van der Waals surface area (Å²) < 4.78 is 12.4. The van der Waals surface area contributed by atoms with Crippen LogP contribution in [-0.4, -0.2) is 27.0 Å². The third-order valence-corrected chi connectivity index (χ3v) is 7.28. The van der Waals surface area contributed by atoms with E-state index in [1.807, 2.05) is 0 Å². The molecule has 4 aliphatic rings. The van der Waals surface area contributed by atoms with Crippen LogP contribution in [-0.2, 0) is 9.31 Å². The van der Waals surface area contributed by atoms with Crippen LogP contribution in [0.1, 0.15) is 77.0 Å². The second kappa shape index (κ2) is 8.33. The molecule has 0 radical (unpaired) electrons. The van der Waals surface area contributed by atoms with Gasteiger partial charge in [0, 0.05) is 0 Å². The van der Waals surface area contributed by atoms with Crippen LogP contribution in [0.4, 0.5) is 0 Å². The van der Waals surface area contributed by atoms with E-state index in [1.165, 1.54) is 77.0 Å². The van der Waals surface area contributed by atoms with E-state index < -0.39 is 0 Å². The number of hydrogen-bond donors (Lipinski definition) is 0. The van der Waals surface area contributed by atoms with Gasteiger partial charge in [-0.1, -0.05) is 88.9 Å². The smallest absolute Gasteiger partial charge is 0.300 e. The second-order valence-electron chi connectivity index (χ2n) is 8.67. The molecule has 4 rings (SSSR count). The maximum atomic E-state index is 6.19. The number of hydrogen-bond acceptors (Lipinski definition) is 2. The zero-order valence-corrected chi connectivity index (χ0v) is 15.2. The molecule has 0 aromatic heterocycles. The van der Waals surface area contributed by atoms with Crippen molar-refractivity contribution in [1.82, 2.24) is 0 Å². The van der Waals surface area contributed by atoms with Crippen molar-refractivity contribution in [3.63, 3.8) is 0 Å². The Bertz CT molecular complexity index is 388. The molecule has 130 valence electrons. The Hall–Kier alpha value is -0.390. The highest BCUT2D eigenvalue weighted by atomic mass is 16.4. The fourth-order valence-corrected chi connectivity index (χ4v) is 6.15. The van der Waals surface area contributed by atoms with Crippen molar-refractivity contribution in [1.29, 1.82) is 0 Å². The minimum atomic E-state index is 0.500. The summed E-state index contributed by atoms with van der Waals surface area (Å²) in [6, 6.07) is 0. The highest BCUT2D eigenvalue weighted by Crippen LogP contribution is 2.47. The normalized spacial score (nSPS) is 35.3. The zero-order valence-electron chi connectivity index (χ0n) is 15.2. The first-order chi connectivity index (χ1) is 11.9. The first-order valence-electron chi connectivity index (χ1n) is 10.6. The van der Waals surface area contributed by atoms with Gasteiger partial charge in [0.1, 0.15) is 0 Å². The summed E-state index contributed by atoms with van der Waals surface area (Å²) in [6.07, 6.45) is 16.7. The highest BCUT2D eigenvalue weighted by Gasteiger charge is 2.41. The molecule has 0 aliphatic carbocycles. The van der Waals surface area contributed by atoms with E-state index in [2.05, 4.69) is 11.8 Å². The van der Waals surface area contributed by atoms with Crippen molar-refractivity contribution in [2.24, 2.45) is 0 Å². The van der Waals surface area contributed by atoms with Crippen LogP contribution < -0.4 is 0 Å². The summed E-state index contributed by atoms with van der Waals surface area (Å²) >= 11 is 0. The Morgan fingerprint density at radius 3 is 1.12 bits per heavy atom. The Morgan fingerprint density at radius 1 is 0.542 bits per heavy atom. The summed E-state index contributed by atoms with van der Waals surface area (Å²) in [5.41, 5.74) is 0. The molecule has 0 saturated carbocycles. The molecule has 4 heteroatoms. The third kappa shape index (κ3) is 3.88. The zero-order chi connectivity index (χ0) is 16.2. The summed E-state index contributed by atoms with van der Waals surface area (Å²) in [5.74, 6) is 9.73. The van der Waals surface area contributed by atoms with Crippen LogP contribution in [0.25, 0.3) is 0 Å². The van der Waals surface area contributed by atoms with Gasteiger partial charge in [0.25, 0.3) is 0 Å². The summed E-state index contributed by atoms with van der Waals surface area (Å²) in [5, 5.41) is 0. The maximum absolute atomic E-state index is 6.19. The Balaban J connectivity index is 1.19. The van der Waals surface area contributed by atoms with E-state index in [1.54, 1.807) is 0 Å². The molecule has 0 amide bonds. The molecular formula is C20H32B2O2. The quantitative estimate of drug-likeness (QED) is 0.521. The van der Waals surface area contributed by atoms with E-state index in [9.17, 15) is 0 Å². The van der Waals surface area contributed by atoms with Gasteiger partial charge in [-0.25, -0.2) is 0 Å². The van der Waals surface area contributed by atoms with Gasteiger partial charge in [0.15, 0.2) is 0 Å². The largest absolute Gasteiger partial charge is 0.425 e. The first-order valence-corrected chi connectivity index (χ1v) is 10.6. The number of fused-ring (bicyclic) bond motifs is 4. The average Bonchev–Trinajstić information content (AvgIpc) is 2.57. The molecular weight excluding hydrogens is 294 g/mol. The molecule has 0 aromatic carbocycles. The van der Waals surface area contributed by atoms with Gasteiger partial charge in [-0.2, -0.15) is 0 Å². The van der Waals surface area contributed by atoms with Gasteiger partial charge in [-0.15, -0.1) is 0 Å². The van der Waals surface area contributed by atoms with Gasteiger partial charge < -0.3 is 9.31 Å². The lowest BCUT2D eigenvalue weighted by atomic mass is 9.38. The molecule has 2 nitrogen and oxygen atoms in total. The fraction of sp³-hybridized carbons (Fsp3) is 0.900. The molecule has 4 aliphatic heterocycles. The van der Waals surface area contributed by atoms with Crippen LogP contribution in [0, 0.1) is 11.8 Å². The molecule has 4 heterocycles. The lowest BCUT2D eigenvalue weighted by molar-refractivity contribution is 0.296. The van der Waals surface area contributed by atoms with E-state index >= 15 is 0 Å². The molecule has 0 aromatic rings. The fourth-order valence-electron chi connectivity index (χ4n) is 6.15. The monoisotopic (exact) mass is 326 g/mol. The predicted octanol–water partition coefficient (Wildman–Crippen LogP) is 5.22. The van der Waals surface area contributed by atoms with Crippen molar-refractivity contribution >= 4 is 13.8 Å². The van der Waals surface area contributed by atoms with Gasteiger partial charge >= 0.3 is 13.8 Å². The van der Waals surface area contributed by atoms with Gasteiger partial charge in [0.05, 0.1) is 13.2 Å². The third-order valence-electron chi connectivity index (χ3n) is 7.28. The van der Waals surface area contributed by atoms with Gasteiger partial charge in [0.2, 0.25) is 0 Å². The average molecular weight is 326 g/mol. The predicted molar refractivity (Wildman–Crippen MR) is 102 cm³/mol. The van der Waals surface area contributed by atoms with E-state index in [0.29, 0.717) is 27.0 Å². The molecule has 4 bridgehead atoms. The van der Waals surface area contributed by atoms with Crippen LogP contribution >= 0.6 is 0 Å². The molecule has 0 unspecified atom stereocenters. The van der Waals surface area contributed by atoms with Crippen LogP contribution in [0.15, 0.2) is 0 Å². The highest BCUT2D eigenvalue weighted by molar-refractivity contribution is 6.56. The first kappa shape index (κ1) is 17.0. The minimum Gasteiger partial charge on any atom is -0.425 e. The van der Waals surface area contributed by atoms with Crippen molar-refractivity contribution in [2.45, 2.75) is 100 Å². The second-order valence-corrected chi connectivity index (χ2v) is 8.67. The molecule has 24 heavy (non-hydrogen) atoms. The summed E-state index contributed by atoms with van der Waals surface area (Å²) in [7, 11) is 0. The lowest BCUT2D eigenvalue weighted by Gasteiger charge is -2.39. The number of rotatable bonds is 4. The van der Waals surface area contributed by atoms with E-state index in [0.717, 1.165) is 23.3 Å². The van der Waals surface area contributed by atoms with Crippen molar-refractivity contribution in [3.05, 3.63) is 0 Å². The summed E-state index contributed by atoms with van der Waals surface area (Å²) in [4.78, 5) is 0. The van der Waals surface area contributed by atoms with E-state index in [-0.39, 0.29) is 0 Å². The molecule has 4 saturated heterocycles. The van der Waals surface area contributed by atoms with Gasteiger partial charge in [-0.3, -0.25) is 0 Å². The molecule has 0 N–H and O–H groups in total. The molecule has 4 fully saturated rings. The van der Waals surface area contributed by atoms with Crippen LogP contribution in [0.2, 0.25) is 23.3 Å². The van der Waals surface area contributed by atoms with E-state index in [4.69, 9.17) is 9.31 Å². The Kier molecular flexibility index (Phi) is 5.91. The maximum Gasteiger partial charge on any atom is 0.300 e. The Labute approximate surface area is 149 Å². The summed E-state index contributed by atoms with van der Waals surface area (Å²) in [6.45, 7) is 2.22. The van der Waals surface area contributed by atoms with Crippen LogP contribution in [0.5, 0.6) is 0 Å². The SMILES string of the molecule is C(#CCOB1C2CCCC1CCC2)COB1C2CCCC1CCC2. The van der Waals surface area contributed by atoms with Gasteiger partial charge in [-0.05, 0) is 23.3 Å².